The first-order valence-corrected chi connectivity index (χ1v) is 7.12. The minimum Gasteiger partial charge on any atom is -0.406 e. The van der Waals surface area contributed by atoms with Crippen LogP contribution in [-0.4, -0.2) is 32.5 Å². The van der Waals surface area contributed by atoms with Gasteiger partial charge in [0.2, 0.25) is 10.0 Å². The number of aliphatic hydroxyl groups excluding tert-OH is 1. The van der Waals surface area contributed by atoms with Crippen LogP contribution >= 0.6 is 0 Å². The van der Waals surface area contributed by atoms with E-state index in [0.717, 1.165) is 24.3 Å². The predicted octanol–water partition coefficient (Wildman–Crippen LogP) is 1.63. The maximum atomic E-state index is 11.9. The Morgan fingerprint density at radius 3 is 2.30 bits per heavy atom. The fraction of sp³-hybridized carbons (Fsp3) is 0.455. The minimum absolute atomic E-state index is 0.0286. The molecule has 20 heavy (non-hydrogen) atoms. The van der Waals surface area contributed by atoms with Gasteiger partial charge in [0.1, 0.15) is 5.75 Å². The summed E-state index contributed by atoms with van der Waals surface area (Å²) in [5, 5.41) is 9.01. The molecule has 0 heterocycles. The van der Waals surface area contributed by atoms with E-state index >= 15 is 0 Å². The highest BCUT2D eigenvalue weighted by Crippen LogP contribution is 2.23. The van der Waals surface area contributed by atoms with Crippen LogP contribution in [0.25, 0.3) is 0 Å². The standard InChI is InChI=1S/C11H14F3NO4S/c1-8(16)6-7-15-20(17,18)10-4-2-9(3-5-10)19-11(12,13)14/h2-5,8,15-16H,6-7H2,1H3. The lowest BCUT2D eigenvalue weighted by Crippen LogP contribution is -2.26. The lowest BCUT2D eigenvalue weighted by atomic mass is 10.3. The number of sulfonamides is 1. The normalized spacial score (nSPS) is 14.1. The first-order valence-electron chi connectivity index (χ1n) is 5.64. The van der Waals surface area contributed by atoms with Crippen LogP contribution in [-0.2, 0) is 10.0 Å². The molecular formula is C11H14F3NO4S. The third-order valence-corrected chi connectivity index (χ3v) is 3.70. The van der Waals surface area contributed by atoms with E-state index < -0.39 is 28.2 Å². The van der Waals surface area contributed by atoms with E-state index in [1.807, 2.05) is 0 Å². The van der Waals surface area contributed by atoms with E-state index in [4.69, 9.17) is 5.11 Å². The van der Waals surface area contributed by atoms with Crippen LogP contribution in [0.2, 0.25) is 0 Å². The molecule has 2 N–H and O–H groups in total. The van der Waals surface area contributed by atoms with Gasteiger partial charge < -0.3 is 9.84 Å². The van der Waals surface area contributed by atoms with Gasteiger partial charge in [-0.25, -0.2) is 13.1 Å². The Balaban J connectivity index is 2.72. The zero-order valence-corrected chi connectivity index (χ0v) is 11.3. The van der Waals surface area contributed by atoms with Gasteiger partial charge in [0.05, 0.1) is 11.0 Å². The summed E-state index contributed by atoms with van der Waals surface area (Å²) in [6, 6.07) is 3.84. The van der Waals surface area contributed by atoms with Gasteiger partial charge in [-0.1, -0.05) is 0 Å². The largest absolute Gasteiger partial charge is 0.573 e. The maximum Gasteiger partial charge on any atom is 0.573 e. The van der Waals surface area contributed by atoms with Crippen molar-refractivity contribution in [2.24, 2.45) is 0 Å². The first-order chi connectivity index (χ1) is 9.10. The van der Waals surface area contributed by atoms with E-state index in [1.165, 1.54) is 6.92 Å². The summed E-state index contributed by atoms with van der Waals surface area (Å²) >= 11 is 0. The van der Waals surface area contributed by atoms with Gasteiger partial charge in [-0.2, -0.15) is 0 Å². The highest BCUT2D eigenvalue weighted by molar-refractivity contribution is 7.89. The molecule has 5 nitrogen and oxygen atoms in total. The van der Waals surface area contributed by atoms with Crippen LogP contribution in [0.4, 0.5) is 13.2 Å². The van der Waals surface area contributed by atoms with Crippen molar-refractivity contribution in [2.75, 3.05) is 6.54 Å². The van der Waals surface area contributed by atoms with Crippen LogP contribution in [0.5, 0.6) is 5.75 Å². The summed E-state index contributed by atoms with van der Waals surface area (Å²) in [4.78, 5) is -0.183. The number of ether oxygens (including phenoxy) is 1. The summed E-state index contributed by atoms with van der Waals surface area (Å²) < 4.78 is 65.2. The molecular weight excluding hydrogens is 299 g/mol. The number of nitrogens with one attached hydrogen (secondary N) is 1. The highest BCUT2D eigenvalue weighted by Gasteiger charge is 2.31. The zero-order chi connectivity index (χ0) is 15.4. The first kappa shape index (κ1) is 16.7. The number of hydrogen-bond acceptors (Lipinski definition) is 4. The van der Waals surface area contributed by atoms with E-state index in [2.05, 4.69) is 9.46 Å². The van der Waals surface area contributed by atoms with Crippen molar-refractivity contribution >= 4 is 10.0 Å². The van der Waals surface area contributed by atoms with Crippen molar-refractivity contribution in [3.05, 3.63) is 24.3 Å². The van der Waals surface area contributed by atoms with Crippen molar-refractivity contribution in [3.8, 4) is 5.75 Å². The molecule has 0 saturated carbocycles. The van der Waals surface area contributed by atoms with Crippen LogP contribution in [0.1, 0.15) is 13.3 Å². The van der Waals surface area contributed by atoms with Crippen molar-refractivity contribution in [1.29, 1.82) is 0 Å². The second-order valence-corrected chi connectivity index (χ2v) is 5.82. The molecule has 114 valence electrons. The van der Waals surface area contributed by atoms with Crippen molar-refractivity contribution in [1.82, 2.24) is 4.72 Å². The summed E-state index contributed by atoms with van der Waals surface area (Å²) in [5.74, 6) is -0.500. The van der Waals surface area contributed by atoms with Crippen LogP contribution < -0.4 is 9.46 Å². The Hall–Kier alpha value is -1.32. The fourth-order valence-corrected chi connectivity index (χ4v) is 2.35. The second-order valence-electron chi connectivity index (χ2n) is 4.05. The van der Waals surface area contributed by atoms with E-state index in [1.54, 1.807) is 0 Å². The van der Waals surface area contributed by atoms with Crippen LogP contribution in [0.3, 0.4) is 0 Å². The quantitative estimate of drug-likeness (QED) is 0.837. The van der Waals surface area contributed by atoms with Gasteiger partial charge in [0.15, 0.2) is 0 Å². The molecule has 0 radical (unpaired) electrons. The van der Waals surface area contributed by atoms with Crippen molar-refractivity contribution in [2.45, 2.75) is 30.7 Å². The number of rotatable bonds is 6. The molecule has 0 aliphatic carbocycles. The third kappa shape index (κ3) is 5.76. The lowest BCUT2D eigenvalue weighted by Gasteiger charge is -2.10. The smallest absolute Gasteiger partial charge is 0.406 e. The van der Waals surface area contributed by atoms with E-state index in [0.29, 0.717) is 0 Å². The van der Waals surface area contributed by atoms with Gasteiger partial charge >= 0.3 is 6.36 Å². The molecule has 0 fully saturated rings. The number of aliphatic hydroxyl groups is 1. The average Bonchev–Trinajstić information content (AvgIpc) is 2.26. The number of halogens is 3. The maximum absolute atomic E-state index is 11.9. The molecule has 1 unspecified atom stereocenters. The summed E-state index contributed by atoms with van der Waals surface area (Å²) in [6.07, 6.45) is -5.25. The highest BCUT2D eigenvalue weighted by atomic mass is 32.2. The molecule has 0 bridgehead atoms. The molecule has 0 spiro atoms. The van der Waals surface area contributed by atoms with E-state index in [9.17, 15) is 21.6 Å². The molecule has 0 amide bonds. The number of hydrogen-bond donors (Lipinski definition) is 2. The van der Waals surface area contributed by atoms with E-state index in [-0.39, 0.29) is 17.9 Å². The third-order valence-electron chi connectivity index (χ3n) is 2.22. The van der Waals surface area contributed by atoms with Gasteiger partial charge in [-0.3, -0.25) is 0 Å². The Bertz CT molecular complexity index is 526. The van der Waals surface area contributed by atoms with Gasteiger partial charge in [0.25, 0.3) is 0 Å². The fourth-order valence-electron chi connectivity index (χ4n) is 1.31. The van der Waals surface area contributed by atoms with Crippen molar-refractivity contribution < 1.29 is 31.4 Å². The molecule has 1 aromatic carbocycles. The van der Waals surface area contributed by atoms with Gasteiger partial charge in [-0.05, 0) is 37.6 Å². The predicted molar refractivity (Wildman–Crippen MR) is 64.6 cm³/mol. The summed E-state index contributed by atoms with van der Waals surface area (Å²) in [6.45, 7) is 1.54. The minimum atomic E-state index is -4.82. The molecule has 1 rings (SSSR count). The molecule has 9 heteroatoms. The van der Waals surface area contributed by atoms with Crippen molar-refractivity contribution in [3.63, 3.8) is 0 Å². The Labute approximate surface area is 114 Å². The van der Waals surface area contributed by atoms with Crippen LogP contribution in [0, 0.1) is 0 Å². The Kier molecular flexibility index (Phi) is 5.37. The Morgan fingerprint density at radius 2 is 1.85 bits per heavy atom. The van der Waals surface area contributed by atoms with Gasteiger partial charge in [-0.15, -0.1) is 13.2 Å². The Morgan fingerprint density at radius 1 is 1.30 bits per heavy atom. The number of alkyl halides is 3. The summed E-state index contributed by atoms with van der Waals surface area (Å²) in [5.41, 5.74) is 0. The molecule has 0 aliphatic heterocycles. The lowest BCUT2D eigenvalue weighted by molar-refractivity contribution is -0.274. The average molecular weight is 313 g/mol. The SMILES string of the molecule is CC(O)CCNS(=O)(=O)c1ccc(OC(F)(F)F)cc1. The topological polar surface area (TPSA) is 75.6 Å². The molecule has 0 saturated heterocycles. The monoisotopic (exact) mass is 313 g/mol. The zero-order valence-electron chi connectivity index (χ0n) is 10.5. The molecule has 0 aromatic heterocycles. The summed E-state index contributed by atoms with van der Waals surface area (Å²) in [7, 11) is -3.81. The molecule has 1 aromatic rings. The molecule has 1 atom stereocenters. The van der Waals surface area contributed by atoms with Crippen LogP contribution in [0.15, 0.2) is 29.2 Å². The molecule has 0 aliphatic rings. The number of benzene rings is 1. The van der Waals surface area contributed by atoms with Gasteiger partial charge in [0, 0.05) is 6.54 Å². The second kappa shape index (κ2) is 6.42.